The zero-order chi connectivity index (χ0) is 18.4. The topological polar surface area (TPSA) is 66.9 Å². The van der Waals surface area contributed by atoms with Gasteiger partial charge in [-0.2, -0.15) is 0 Å². The average Bonchev–Trinajstić information content (AvgIpc) is 3.34. The first kappa shape index (κ1) is 15.9. The summed E-state index contributed by atoms with van der Waals surface area (Å²) in [4.78, 5) is 21.1. The molecule has 4 aromatic rings. The maximum atomic E-state index is 12.8. The van der Waals surface area contributed by atoms with Gasteiger partial charge >= 0.3 is 0 Å². The fourth-order valence-corrected chi connectivity index (χ4v) is 3.58. The third kappa shape index (κ3) is 2.71. The Balaban J connectivity index is 1.31. The van der Waals surface area contributed by atoms with Crippen LogP contribution in [-0.4, -0.2) is 51.6 Å². The number of hydrogen-bond donors (Lipinski definition) is 0. The second kappa shape index (κ2) is 6.12. The zero-order valence-corrected chi connectivity index (χ0v) is 15.0. The fraction of sp³-hybridized carbons (Fsp3) is 0.250. The standard InChI is InChI=1S/C20H19N5O2/c1-14-3-2-4-15-13-16(27-19(14)15)20(26)24-11-9-23(10-12-24)18-6-5-17-21-7-8-25(17)22-18/h2-8,13H,9-12H2,1H3. The second-order valence-electron chi connectivity index (χ2n) is 6.80. The van der Waals surface area contributed by atoms with Crippen LogP contribution in [0.2, 0.25) is 0 Å². The SMILES string of the molecule is Cc1cccc2cc(C(=O)N3CCN(c4ccc5nccn5n4)CC3)oc12. The summed E-state index contributed by atoms with van der Waals surface area (Å²) in [5.41, 5.74) is 2.66. The van der Waals surface area contributed by atoms with E-state index in [0.29, 0.717) is 18.8 Å². The Morgan fingerprint density at radius 2 is 1.96 bits per heavy atom. The van der Waals surface area contributed by atoms with Crippen LogP contribution in [0.3, 0.4) is 0 Å². The van der Waals surface area contributed by atoms with E-state index < -0.39 is 0 Å². The fourth-order valence-electron chi connectivity index (χ4n) is 3.58. The highest BCUT2D eigenvalue weighted by Crippen LogP contribution is 2.24. The number of carbonyl (C=O) groups is 1. The summed E-state index contributed by atoms with van der Waals surface area (Å²) in [5.74, 6) is 1.25. The molecule has 1 aliphatic rings. The first-order chi connectivity index (χ1) is 13.2. The highest BCUT2D eigenvalue weighted by Gasteiger charge is 2.25. The molecule has 136 valence electrons. The van der Waals surface area contributed by atoms with Gasteiger partial charge in [0.1, 0.15) is 11.4 Å². The molecule has 7 nitrogen and oxygen atoms in total. The van der Waals surface area contributed by atoms with E-state index in [-0.39, 0.29) is 5.91 Å². The molecule has 0 atom stereocenters. The summed E-state index contributed by atoms with van der Waals surface area (Å²) in [5, 5.41) is 5.55. The number of carbonyl (C=O) groups excluding carboxylic acids is 1. The minimum Gasteiger partial charge on any atom is -0.451 e. The molecule has 27 heavy (non-hydrogen) atoms. The molecule has 7 heteroatoms. The quantitative estimate of drug-likeness (QED) is 0.549. The monoisotopic (exact) mass is 361 g/mol. The molecule has 3 aromatic heterocycles. The summed E-state index contributed by atoms with van der Waals surface area (Å²) in [6.07, 6.45) is 3.57. The molecule has 1 aliphatic heterocycles. The van der Waals surface area contributed by atoms with E-state index in [1.165, 1.54) is 0 Å². The predicted molar refractivity (Wildman–Crippen MR) is 102 cm³/mol. The minimum absolute atomic E-state index is 0.0525. The predicted octanol–water partition coefficient (Wildman–Crippen LogP) is 2.75. The lowest BCUT2D eigenvalue weighted by Crippen LogP contribution is -2.49. The summed E-state index contributed by atoms with van der Waals surface area (Å²) in [6, 6.07) is 11.7. The zero-order valence-electron chi connectivity index (χ0n) is 15.0. The lowest BCUT2D eigenvalue weighted by Gasteiger charge is -2.34. The van der Waals surface area contributed by atoms with E-state index in [2.05, 4.69) is 15.0 Å². The van der Waals surface area contributed by atoms with Crippen LogP contribution in [0.1, 0.15) is 16.1 Å². The Labute approximate surface area is 155 Å². The number of imidazole rings is 1. The average molecular weight is 361 g/mol. The van der Waals surface area contributed by atoms with Gasteiger partial charge in [0.05, 0.1) is 0 Å². The van der Waals surface area contributed by atoms with Gasteiger partial charge in [-0.25, -0.2) is 9.50 Å². The number of hydrogen-bond acceptors (Lipinski definition) is 5. The third-order valence-corrected chi connectivity index (χ3v) is 5.08. The lowest BCUT2D eigenvalue weighted by atomic mass is 10.2. The van der Waals surface area contributed by atoms with Crippen LogP contribution in [0, 0.1) is 6.92 Å². The van der Waals surface area contributed by atoms with Crippen molar-refractivity contribution in [3.8, 4) is 0 Å². The number of aryl methyl sites for hydroxylation is 1. The van der Waals surface area contributed by atoms with Crippen molar-refractivity contribution >= 4 is 28.3 Å². The highest BCUT2D eigenvalue weighted by molar-refractivity contribution is 5.96. The molecule has 0 saturated carbocycles. The van der Waals surface area contributed by atoms with E-state index in [1.807, 2.05) is 54.4 Å². The third-order valence-electron chi connectivity index (χ3n) is 5.08. The van der Waals surface area contributed by atoms with Crippen molar-refractivity contribution in [3.63, 3.8) is 0 Å². The second-order valence-corrected chi connectivity index (χ2v) is 6.80. The normalized spacial score (nSPS) is 15.0. The molecule has 1 fully saturated rings. The van der Waals surface area contributed by atoms with Gasteiger partial charge in [0.15, 0.2) is 11.4 Å². The number of anilines is 1. The van der Waals surface area contributed by atoms with Crippen LogP contribution in [-0.2, 0) is 0 Å². The molecule has 0 unspecified atom stereocenters. The van der Waals surface area contributed by atoms with E-state index in [1.54, 1.807) is 10.7 Å². The van der Waals surface area contributed by atoms with Crippen LogP contribution in [0.4, 0.5) is 5.82 Å². The molecule has 4 heterocycles. The number of rotatable bonds is 2. The molecule has 1 amide bonds. The first-order valence-electron chi connectivity index (χ1n) is 9.03. The van der Waals surface area contributed by atoms with E-state index in [0.717, 1.165) is 41.1 Å². The number of nitrogens with zero attached hydrogens (tertiary/aromatic N) is 5. The van der Waals surface area contributed by atoms with Gasteiger partial charge in [0, 0.05) is 44.0 Å². The first-order valence-corrected chi connectivity index (χ1v) is 9.03. The molecule has 0 radical (unpaired) electrons. The number of aromatic nitrogens is 3. The molecule has 1 aromatic carbocycles. The lowest BCUT2D eigenvalue weighted by molar-refractivity contribution is 0.0717. The number of amides is 1. The Kier molecular flexibility index (Phi) is 3.60. The summed E-state index contributed by atoms with van der Waals surface area (Å²) < 4.78 is 7.60. The van der Waals surface area contributed by atoms with Crippen molar-refractivity contribution in [3.05, 3.63) is 60.1 Å². The van der Waals surface area contributed by atoms with Gasteiger partial charge in [-0.05, 0) is 30.7 Å². The molecule has 0 N–H and O–H groups in total. The smallest absolute Gasteiger partial charge is 0.289 e. The summed E-state index contributed by atoms with van der Waals surface area (Å²) in [6.45, 7) is 4.73. The van der Waals surface area contributed by atoms with Crippen LogP contribution in [0.25, 0.3) is 16.6 Å². The molecule has 0 spiro atoms. The van der Waals surface area contributed by atoms with Gasteiger partial charge < -0.3 is 14.2 Å². The molecule has 1 saturated heterocycles. The van der Waals surface area contributed by atoms with Crippen LogP contribution < -0.4 is 4.90 Å². The number of furan rings is 1. The number of piperazine rings is 1. The number of fused-ring (bicyclic) bond motifs is 2. The number of benzene rings is 1. The molecular weight excluding hydrogens is 342 g/mol. The van der Waals surface area contributed by atoms with Crippen molar-refractivity contribution in [2.24, 2.45) is 0 Å². The Morgan fingerprint density at radius 3 is 2.78 bits per heavy atom. The Bertz CT molecular complexity index is 1140. The van der Waals surface area contributed by atoms with Crippen LogP contribution in [0.15, 0.2) is 53.2 Å². The molecule has 0 aliphatic carbocycles. The van der Waals surface area contributed by atoms with Gasteiger partial charge in [0.2, 0.25) is 0 Å². The van der Waals surface area contributed by atoms with E-state index >= 15 is 0 Å². The Morgan fingerprint density at radius 1 is 1.11 bits per heavy atom. The summed E-state index contributed by atoms with van der Waals surface area (Å²) >= 11 is 0. The molecule has 0 bridgehead atoms. The maximum absolute atomic E-state index is 12.8. The largest absolute Gasteiger partial charge is 0.451 e. The van der Waals surface area contributed by atoms with Gasteiger partial charge in [-0.1, -0.05) is 18.2 Å². The van der Waals surface area contributed by atoms with Gasteiger partial charge in [-0.15, -0.1) is 5.10 Å². The van der Waals surface area contributed by atoms with E-state index in [9.17, 15) is 4.79 Å². The van der Waals surface area contributed by atoms with Gasteiger partial charge in [-0.3, -0.25) is 4.79 Å². The summed E-state index contributed by atoms with van der Waals surface area (Å²) in [7, 11) is 0. The number of para-hydroxylation sites is 1. The van der Waals surface area contributed by atoms with Crippen molar-refractivity contribution in [2.45, 2.75) is 6.92 Å². The molecular formula is C20H19N5O2. The minimum atomic E-state index is -0.0525. The molecule has 5 rings (SSSR count). The van der Waals surface area contributed by atoms with Crippen LogP contribution >= 0.6 is 0 Å². The van der Waals surface area contributed by atoms with Crippen molar-refractivity contribution < 1.29 is 9.21 Å². The maximum Gasteiger partial charge on any atom is 0.289 e. The van der Waals surface area contributed by atoms with Crippen molar-refractivity contribution in [2.75, 3.05) is 31.1 Å². The Hall–Kier alpha value is -3.35. The van der Waals surface area contributed by atoms with Crippen molar-refractivity contribution in [1.82, 2.24) is 19.5 Å². The van der Waals surface area contributed by atoms with Crippen molar-refractivity contribution in [1.29, 1.82) is 0 Å². The van der Waals surface area contributed by atoms with Gasteiger partial charge in [0.25, 0.3) is 5.91 Å². The highest BCUT2D eigenvalue weighted by atomic mass is 16.3. The van der Waals surface area contributed by atoms with E-state index in [4.69, 9.17) is 4.42 Å². The van der Waals surface area contributed by atoms with Crippen LogP contribution in [0.5, 0.6) is 0 Å².